The minimum absolute atomic E-state index is 0.605. The van der Waals surface area contributed by atoms with Gasteiger partial charge in [-0.05, 0) is 38.6 Å². The third-order valence-electron chi connectivity index (χ3n) is 3.63. The number of hydrogen-bond donors (Lipinski definition) is 1. The molecule has 0 bridgehead atoms. The number of nitrogens with one attached hydrogen (secondary N) is 1. The van der Waals surface area contributed by atoms with E-state index in [9.17, 15) is 0 Å². The topological polar surface area (TPSA) is 54.4 Å². The minimum Gasteiger partial charge on any atom is -0.461 e. The van der Waals surface area contributed by atoms with Crippen LogP contribution in [0.15, 0.2) is 33.4 Å². The zero-order valence-electron chi connectivity index (χ0n) is 11.1. The Hall–Kier alpha value is -1.59. The minimum atomic E-state index is 0.605. The number of nitrogens with zero attached hydrogens (tertiary/aromatic N) is 2. The van der Waals surface area contributed by atoms with E-state index in [-0.39, 0.29) is 0 Å². The fourth-order valence-corrected chi connectivity index (χ4v) is 2.70. The third kappa shape index (κ3) is 2.72. The predicted molar refractivity (Wildman–Crippen MR) is 71.6 cm³/mol. The summed E-state index contributed by atoms with van der Waals surface area (Å²) in [6.45, 7) is 3.01. The highest BCUT2D eigenvalue weighted by Gasteiger charge is 2.24. The van der Waals surface area contributed by atoms with E-state index in [4.69, 9.17) is 8.94 Å². The summed E-state index contributed by atoms with van der Waals surface area (Å²) >= 11 is 0. The van der Waals surface area contributed by atoms with E-state index in [1.165, 1.54) is 12.8 Å². The van der Waals surface area contributed by atoms with Crippen LogP contribution in [0.4, 0.5) is 0 Å². The van der Waals surface area contributed by atoms with Gasteiger partial charge in [0.15, 0.2) is 5.76 Å². The first kappa shape index (κ1) is 12.4. The fourth-order valence-electron chi connectivity index (χ4n) is 2.70. The summed E-state index contributed by atoms with van der Waals surface area (Å²) in [5.41, 5.74) is 0.967. The molecule has 0 aliphatic carbocycles. The molecule has 3 heterocycles. The van der Waals surface area contributed by atoms with E-state index in [0.29, 0.717) is 11.8 Å². The van der Waals surface area contributed by atoms with Gasteiger partial charge in [0.05, 0.1) is 12.0 Å². The largest absolute Gasteiger partial charge is 0.461 e. The quantitative estimate of drug-likeness (QED) is 0.893. The number of hydrogen-bond acceptors (Lipinski definition) is 5. The molecule has 0 radical (unpaired) electrons. The van der Waals surface area contributed by atoms with Gasteiger partial charge in [0, 0.05) is 25.2 Å². The zero-order valence-corrected chi connectivity index (χ0v) is 11.1. The average molecular weight is 261 g/mol. The lowest BCUT2D eigenvalue weighted by molar-refractivity contribution is 0.235. The second-order valence-electron chi connectivity index (χ2n) is 4.98. The SMILES string of the molecule is CNCC1CCCN1Cc1cc(-c2ccco2)on1. The van der Waals surface area contributed by atoms with Gasteiger partial charge in [-0.1, -0.05) is 5.16 Å². The van der Waals surface area contributed by atoms with Gasteiger partial charge in [-0.2, -0.15) is 0 Å². The summed E-state index contributed by atoms with van der Waals surface area (Å²) in [5.74, 6) is 1.43. The molecule has 1 atom stereocenters. The van der Waals surface area contributed by atoms with Crippen molar-refractivity contribution in [2.24, 2.45) is 0 Å². The average Bonchev–Trinajstić information content (AvgIpc) is 3.12. The molecule has 0 aromatic carbocycles. The monoisotopic (exact) mass is 261 g/mol. The van der Waals surface area contributed by atoms with Gasteiger partial charge in [0.2, 0.25) is 5.76 Å². The van der Waals surface area contributed by atoms with Crippen molar-refractivity contribution >= 4 is 0 Å². The molecule has 0 amide bonds. The van der Waals surface area contributed by atoms with E-state index in [1.807, 2.05) is 25.2 Å². The van der Waals surface area contributed by atoms with Crippen molar-refractivity contribution in [2.75, 3.05) is 20.1 Å². The predicted octanol–water partition coefficient (Wildman–Crippen LogP) is 2.12. The summed E-state index contributed by atoms with van der Waals surface area (Å²) in [6.07, 6.45) is 4.15. The number of furan rings is 1. The van der Waals surface area contributed by atoms with Crippen LogP contribution < -0.4 is 5.32 Å². The van der Waals surface area contributed by atoms with E-state index in [1.54, 1.807) is 6.26 Å². The zero-order chi connectivity index (χ0) is 13.1. The summed E-state index contributed by atoms with van der Waals surface area (Å²) in [6, 6.07) is 6.30. The molecule has 5 nitrogen and oxygen atoms in total. The molecule has 1 aliphatic heterocycles. The van der Waals surface area contributed by atoms with Gasteiger partial charge in [-0.3, -0.25) is 4.90 Å². The normalized spacial score (nSPS) is 20.2. The summed E-state index contributed by atoms with van der Waals surface area (Å²) < 4.78 is 10.6. The van der Waals surface area contributed by atoms with E-state index in [2.05, 4.69) is 15.4 Å². The van der Waals surface area contributed by atoms with Gasteiger partial charge in [-0.25, -0.2) is 0 Å². The first-order valence-corrected chi connectivity index (χ1v) is 6.75. The van der Waals surface area contributed by atoms with Crippen LogP contribution in [-0.4, -0.2) is 36.2 Å². The molecular weight excluding hydrogens is 242 g/mol. The second kappa shape index (κ2) is 5.59. The van der Waals surface area contributed by atoms with Gasteiger partial charge in [-0.15, -0.1) is 0 Å². The molecule has 5 heteroatoms. The van der Waals surface area contributed by atoms with E-state index in [0.717, 1.165) is 31.1 Å². The molecule has 0 saturated carbocycles. The molecule has 1 unspecified atom stereocenters. The van der Waals surface area contributed by atoms with Crippen LogP contribution in [0.5, 0.6) is 0 Å². The van der Waals surface area contributed by atoms with Gasteiger partial charge < -0.3 is 14.3 Å². The van der Waals surface area contributed by atoms with Crippen LogP contribution in [0.2, 0.25) is 0 Å². The molecule has 2 aromatic rings. The molecule has 1 saturated heterocycles. The Morgan fingerprint density at radius 1 is 1.47 bits per heavy atom. The van der Waals surface area contributed by atoms with Crippen LogP contribution >= 0.6 is 0 Å². The third-order valence-corrected chi connectivity index (χ3v) is 3.63. The molecule has 102 valence electrons. The second-order valence-corrected chi connectivity index (χ2v) is 4.98. The van der Waals surface area contributed by atoms with Crippen molar-refractivity contribution in [1.82, 2.24) is 15.4 Å². The Labute approximate surface area is 112 Å². The van der Waals surface area contributed by atoms with Crippen molar-refractivity contribution in [2.45, 2.75) is 25.4 Å². The van der Waals surface area contributed by atoms with Crippen molar-refractivity contribution in [1.29, 1.82) is 0 Å². The first-order chi connectivity index (χ1) is 9.36. The Kier molecular flexibility index (Phi) is 3.66. The summed E-state index contributed by atoms with van der Waals surface area (Å²) in [5, 5.41) is 7.39. The highest BCUT2D eigenvalue weighted by Crippen LogP contribution is 2.23. The molecule has 0 spiro atoms. The van der Waals surface area contributed by atoms with Crippen LogP contribution in [-0.2, 0) is 6.54 Å². The van der Waals surface area contributed by atoms with Crippen molar-refractivity contribution in [3.8, 4) is 11.5 Å². The number of likely N-dealkylation sites (tertiary alicyclic amines) is 1. The smallest absolute Gasteiger partial charge is 0.202 e. The lowest BCUT2D eigenvalue weighted by atomic mass is 10.2. The number of likely N-dealkylation sites (N-methyl/N-ethyl adjacent to an activating group) is 1. The molecular formula is C14H19N3O2. The van der Waals surface area contributed by atoms with E-state index < -0.39 is 0 Å². The Balaban J connectivity index is 1.67. The molecule has 2 aromatic heterocycles. The maximum Gasteiger partial charge on any atom is 0.202 e. The van der Waals surface area contributed by atoms with Gasteiger partial charge in [0.1, 0.15) is 0 Å². The maximum absolute atomic E-state index is 5.33. The van der Waals surface area contributed by atoms with Crippen molar-refractivity contribution in [3.63, 3.8) is 0 Å². The fraction of sp³-hybridized carbons (Fsp3) is 0.500. The van der Waals surface area contributed by atoms with Gasteiger partial charge >= 0.3 is 0 Å². The van der Waals surface area contributed by atoms with E-state index >= 15 is 0 Å². The number of aromatic nitrogens is 1. The van der Waals surface area contributed by atoms with Crippen molar-refractivity contribution in [3.05, 3.63) is 30.2 Å². The van der Waals surface area contributed by atoms with Crippen molar-refractivity contribution < 1.29 is 8.94 Å². The van der Waals surface area contributed by atoms with Crippen LogP contribution in [0.1, 0.15) is 18.5 Å². The Morgan fingerprint density at radius 2 is 2.42 bits per heavy atom. The Morgan fingerprint density at radius 3 is 3.21 bits per heavy atom. The molecule has 1 fully saturated rings. The number of rotatable bonds is 5. The van der Waals surface area contributed by atoms with Gasteiger partial charge in [0.25, 0.3) is 0 Å². The Bertz CT molecular complexity index is 507. The highest BCUT2D eigenvalue weighted by atomic mass is 16.5. The first-order valence-electron chi connectivity index (χ1n) is 6.75. The molecule has 1 N–H and O–H groups in total. The standard InChI is InChI=1S/C14H19N3O2/c1-15-9-12-4-2-6-17(12)10-11-8-14(19-16-11)13-5-3-7-18-13/h3,5,7-8,12,15H,2,4,6,9-10H2,1H3. The molecule has 3 rings (SSSR count). The summed E-state index contributed by atoms with van der Waals surface area (Å²) in [7, 11) is 2.00. The van der Waals surface area contributed by atoms with Crippen LogP contribution in [0.25, 0.3) is 11.5 Å². The lowest BCUT2D eigenvalue weighted by Gasteiger charge is -2.22. The highest BCUT2D eigenvalue weighted by molar-refractivity contribution is 5.49. The van der Waals surface area contributed by atoms with Crippen LogP contribution in [0.3, 0.4) is 0 Å². The maximum atomic E-state index is 5.33. The lowest BCUT2D eigenvalue weighted by Crippen LogP contribution is -2.36. The molecule has 1 aliphatic rings. The van der Waals surface area contributed by atoms with Crippen LogP contribution in [0, 0.1) is 0 Å². The summed E-state index contributed by atoms with van der Waals surface area (Å²) in [4.78, 5) is 2.46. The molecule has 19 heavy (non-hydrogen) atoms.